The summed E-state index contributed by atoms with van der Waals surface area (Å²) in [7, 11) is 0. The first-order valence-corrected chi connectivity index (χ1v) is 9.22. The lowest BCUT2D eigenvalue weighted by atomic mass is 10.1. The number of carboxylic acids is 1. The van der Waals surface area contributed by atoms with Crippen LogP contribution in [0.15, 0.2) is 29.2 Å². The van der Waals surface area contributed by atoms with Crippen LogP contribution in [0.25, 0.3) is 0 Å². The van der Waals surface area contributed by atoms with E-state index in [2.05, 4.69) is 0 Å². The van der Waals surface area contributed by atoms with Crippen molar-refractivity contribution in [3.8, 4) is 0 Å². The molecule has 0 unspecified atom stereocenters. The van der Waals surface area contributed by atoms with Gasteiger partial charge >= 0.3 is 5.97 Å². The third kappa shape index (κ3) is 6.43. The molecule has 126 valence electrons. The number of rotatable bonds is 7. The number of hydrogen-bond donors (Lipinski definition) is 1. The maximum absolute atomic E-state index is 12.1. The van der Waals surface area contributed by atoms with Crippen LogP contribution in [-0.4, -0.2) is 40.2 Å². The van der Waals surface area contributed by atoms with Crippen molar-refractivity contribution in [2.24, 2.45) is 0 Å². The number of halogens is 1. The van der Waals surface area contributed by atoms with Gasteiger partial charge in [0.1, 0.15) is 0 Å². The summed E-state index contributed by atoms with van der Waals surface area (Å²) in [6.45, 7) is 1.59. The quantitative estimate of drug-likeness (QED) is 0.749. The van der Waals surface area contributed by atoms with E-state index >= 15 is 0 Å². The second-order valence-corrected chi connectivity index (χ2v) is 7.56. The first kappa shape index (κ1) is 18.1. The van der Waals surface area contributed by atoms with E-state index in [4.69, 9.17) is 16.7 Å². The van der Waals surface area contributed by atoms with E-state index < -0.39 is 5.97 Å². The molecule has 0 aliphatic carbocycles. The van der Waals surface area contributed by atoms with Gasteiger partial charge in [0.2, 0.25) is 5.91 Å². The normalized spacial score (nSPS) is 15.6. The molecular weight excluding hydrogens is 334 g/mol. The topological polar surface area (TPSA) is 57.6 Å². The minimum Gasteiger partial charge on any atom is -0.481 e. The molecule has 4 nitrogen and oxygen atoms in total. The summed E-state index contributed by atoms with van der Waals surface area (Å²) in [4.78, 5) is 25.7. The summed E-state index contributed by atoms with van der Waals surface area (Å²) < 4.78 is 0. The van der Waals surface area contributed by atoms with Crippen LogP contribution in [0, 0.1) is 0 Å². The Bertz CT molecular complexity index is 527. The number of benzene rings is 1. The van der Waals surface area contributed by atoms with Crippen molar-refractivity contribution in [3.63, 3.8) is 0 Å². The monoisotopic (exact) mass is 355 g/mol. The highest BCUT2D eigenvalue weighted by Gasteiger charge is 2.23. The van der Waals surface area contributed by atoms with Gasteiger partial charge in [-0.25, -0.2) is 0 Å². The molecule has 0 bridgehead atoms. The van der Waals surface area contributed by atoms with Crippen molar-refractivity contribution in [1.29, 1.82) is 0 Å². The van der Waals surface area contributed by atoms with Gasteiger partial charge in [0.25, 0.3) is 0 Å². The van der Waals surface area contributed by atoms with Gasteiger partial charge in [0.05, 0.1) is 0 Å². The second-order valence-electron chi connectivity index (χ2n) is 5.75. The largest absolute Gasteiger partial charge is 0.481 e. The number of likely N-dealkylation sites (tertiary alicyclic amines) is 1. The Labute approximate surface area is 146 Å². The third-order valence-electron chi connectivity index (χ3n) is 3.94. The fraction of sp³-hybridized carbons (Fsp3) is 0.529. The number of carbonyl (C=O) groups excluding carboxylic acids is 1. The zero-order valence-electron chi connectivity index (χ0n) is 13.0. The fourth-order valence-electron chi connectivity index (χ4n) is 2.64. The average molecular weight is 356 g/mol. The summed E-state index contributed by atoms with van der Waals surface area (Å²) in [5.74, 6) is -0.636. The number of nitrogens with zero attached hydrogens (tertiary/aromatic N) is 1. The van der Waals surface area contributed by atoms with Crippen molar-refractivity contribution in [2.75, 3.05) is 13.1 Å². The maximum atomic E-state index is 12.1. The Hall–Kier alpha value is -1.20. The summed E-state index contributed by atoms with van der Waals surface area (Å²) >= 11 is 7.74. The molecule has 1 N–H and O–H groups in total. The van der Waals surface area contributed by atoms with E-state index in [9.17, 15) is 9.59 Å². The van der Waals surface area contributed by atoms with Crippen LogP contribution < -0.4 is 0 Å². The van der Waals surface area contributed by atoms with Gasteiger partial charge in [-0.3, -0.25) is 9.59 Å². The number of carboxylic acid groups (broad SMARTS) is 1. The van der Waals surface area contributed by atoms with E-state index in [1.54, 1.807) is 0 Å². The van der Waals surface area contributed by atoms with Gasteiger partial charge in [0.15, 0.2) is 0 Å². The summed E-state index contributed by atoms with van der Waals surface area (Å²) in [6, 6.07) is 7.87. The summed E-state index contributed by atoms with van der Waals surface area (Å²) in [5, 5.41) is 9.87. The van der Waals surface area contributed by atoms with Gasteiger partial charge in [-0.1, -0.05) is 11.6 Å². The lowest BCUT2D eigenvalue weighted by molar-refractivity contribution is -0.137. The molecule has 0 atom stereocenters. The van der Waals surface area contributed by atoms with E-state index in [-0.39, 0.29) is 12.3 Å². The van der Waals surface area contributed by atoms with Gasteiger partial charge < -0.3 is 10.0 Å². The van der Waals surface area contributed by atoms with E-state index in [0.29, 0.717) is 24.5 Å². The molecule has 0 aromatic heterocycles. The number of carbonyl (C=O) groups is 2. The molecule has 2 rings (SSSR count). The van der Waals surface area contributed by atoms with Crippen LogP contribution in [0.2, 0.25) is 5.02 Å². The zero-order chi connectivity index (χ0) is 16.7. The smallest absolute Gasteiger partial charge is 0.303 e. The van der Waals surface area contributed by atoms with Gasteiger partial charge in [-0.05, 0) is 49.9 Å². The lowest BCUT2D eigenvalue weighted by Gasteiger charge is -2.31. The predicted molar refractivity (Wildman–Crippen MR) is 93.0 cm³/mol. The Morgan fingerprint density at radius 2 is 1.74 bits per heavy atom. The molecule has 1 saturated heterocycles. The minimum atomic E-state index is -0.794. The molecule has 0 spiro atoms. The van der Waals surface area contributed by atoms with Crippen molar-refractivity contribution in [3.05, 3.63) is 29.3 Å². The number of piperidine rings is 1. The number of hydrogen-bond acceptors (Lipinski definition) is 3. The van der Waals surface area contributed by atoms with Crippen molar-refractivity contribution < 1.29 is 14.7 Å². The first-order chi connectivity index (χ1) is 11.0. The zero-order valence-corrected chi connectivity index (χ0v) is 14.6. The Kier molecular flexibility index (Phi) is 7.24. The number of amides is 1. The molecule has 1 aromatic carbocycles. The SMILES string of the molecule is O=C(O)CCCCC(=O)N1CCC(Sc2ccc(Cl)cc2)CC1. The highest BCUT2D eigenvalue weighted by atomic mass is 35.5. The highest BCUT2D eigenvalue weighted by molar-refractivity contribution is 8.00. The van der Waals surface area contributed by atoms with Gasteiger partial charge in [-0.2, -0.15) is 0 Å². The summed E-state index contributed by atoms with van der Waals surface area (Å²) in [6.07, 6.45) is 3.83. The molecule has 1 aromatic rings. The molecule has 6 heteroatoms. The van der Waals surface area contributed by atoms with Gasteiger partial charge in [-0.15, -0.1) is 11.8 Å². The number of unbranched alkanes of at least 4 members (excludes halogenated alkanes) is 1. The van der Waals surface area contributed by atoms with Crippen LogP contribution in [0.1, 0.15) is 38.5 Å². The van der Waals surface area contributed by atoms with Crippen LogP contribution in [0.4, 0.5) is 0 Å². The van der Waals surface area contributed by atoms with E-state index in [0.717, 1.165) is 31.0 Å². The molecular formula is C17H22ClNO3S. The minimum absolute atomic E-state index is 0.146. The maximum Gasteiger partial charge on any atom is 0.303 e. The number of aliphatic carboxylic acids is 1. The highest BCUT2D eigenvalue weighted by Crippen LogP contribution is 2.31. The van der Waals surface area contributed by atoms with E-state index in [1.165, 1.54) is 4.90 Å². The van der Waals surface area contributed by atoms with E-state index in [1.807, 2.05) is 40.9 Å². The van der Waals surface area contributed by atoms with Crippen LogP contribution in [0.5, 0.6) is 0 Å². The van der Waals surface area contributed by atoms with Gasteiger partial charge in [0, 0.05) is 41.1 Å². The van der Waals surface area contributed by atoms with Crippen molar-refractivity contribution in [1.82, 2.24) is 4.90 Å². The molecule has 0 saturated carbocycles. The number of thioether (sulfide) groups is 1. The molecule has 1 heterocycles. The average Bonchev–Trinajstić information content (AvgIpc) is 2.54. The van der Waals surface area contributed by atoms with Crippen LogP contribution in [0.3, 0.4) is 0 Å². The Morgan fingerprint density at radius 1 is 1.13 bits per heavy atom. The first-order valence-electron chi connectivity index (χ1n) is 7.96. The standard InChI is InChI=1S/C17H22ClNO3S/c18-13-5-7-14(8-6-13)23-15-9-11-19(12-10-15)16(20)3-1-2-4-17(21)22/h5-8,15H,1-4,9-12H2,(H,21,22). The van der Waals surface area contributed by atoms with Crippen molar-refractivity contribution >= 4 is 35.2 Å². The predicted octanol–water partition coefficient (Wildman–Crippen LogP) is 4.07. The molecule has 0 radical (unpaired) electrons. The fourth-order valence-corrected chi connectivity index (χ4v) is 3.89. The molecule has 23 heavy (non-hydrogen) atoms. The summed E-state index contributed by atoms with van der Waals surface area (Å²) in [5.41, 5.74) is 0. The molecule has 1 fully saturated rings. The van der Waals surface area contributed by atoms with Crippen molar-refractivity contribution in [2.45, 2.75) is 48.7 Å². The second kappa shape index (κ2) is 9.18. The third-order valence-corrected chi connectivity index (χ3v) is 5.54. The van der Waals surface area contributed by atoms with Crippen LogP contribution >= 0.6 is 23.4 Å². The molecule has 1 aliphatic rings. The van der Waals surface area contributed by atoms with Crippen LogP contribution in [-0.2, 0) is 9.59 Å². The molecule has 1 amide bonds. The Morgan fingerprint density at radius 3 is 2.35 bits per heavy atom. The molecule has 1 aliphatic heterocycles. The Balaban J connectivity index is 1.67. The lowest BCUT2D eigenvalue weighted by Crippen LogP contribution is -2.39.